The van der Waals surface area contributed by atoms with Crippen LogP contribution in [0, 0.1) is 5.82 Å². The van der Waals surface area contributed by atoms with Gasteiger partial charge in [-0.05, 0) is 43.2 Å². The van der Waals surface area contributed by atoms with Crippen molar-refractivity contribution in [3.63, 3.8) is 0 Å². The van der Waals surface area contributed by atoms with Crippen molar-refractivity contribution < 1.29 is 9.18 Å². The van der Waals surface area contributed by atoms with Gasteiger partial charge in [-0.25, -0.2) is 9.18 Å². The minimum Gasteiger partial charge on any atom is -0.254 e. The van der Waals surface area contributed by atoms with Gasteiger partial charge in [-0.15, -0.1) is 0 Å². The fourth-order valence-corrected chi connectivity index (χ4v) is 1.97. The summed E-state index contributed by atoms with van der Waals surface area (Å²) in [6.07, 6.45) is 3.99. The Morgan fingerprint density at radius 2 is 2.00 bits per heavy atom. The number of rotatable bonds is 3. The molecule has 1 aliphatic rings. The van der Waals surface area contributed by atoms with Crippen LogP contribution < -0.4 is 0 Å². The Balaban J connectivity index is 2.43. The molecule has 0 saturated carbocycles. The van der Waals surface area contributed by atoms with Gasteiger partial charge < -0.3 is 0 Å². The molecule has 0 radical (unpaired) electrons. The van der Waals surface area contributed by atoms with Crippen molar-refractivity contribution in [2.75, 3.05) is 0 Å². The number of hydrogen-bond acceptors (Lipinski definition) is 3. The summed E-state index contributed by atoms with van der Waals surface area (Å²) in [7, 11) is 0. The van der Waals surface area contributed by atoms with Gasteiger partial charge in [0.15, 0.2) is 0 Å². The Hall–Kier alpha value is -2.32. The van der Waals surface area contributed by atoms with E-state index in [2.05, 4.69) is 16.6 Å². The number of allylic oxidation sites excluding steroid dienone is 2. The quantitative estimate of drug-likeness (QED) is 0.611. The Morgan fingerprint density at radius 1 is 1.35 bits per heavy atom. The zero-order chi connectivity index (χ0) is 14.8. The molecule has 0 atom stereocenters. The summed E-state index contributed by atoms with van der Waals surface area (Å²) < 4.78 is 13.0. The average molecular weight is 270 g/mol. The zero-order valence-electron chi connectivity index (χ0n) is 11.5. The maximum absolute atomic E-state index is 13.0. The monoisotopic (exact) mass is 270 g/mol. The highest BCUT2D eigenvalue weighted by Crippen LogP contribution is 2.29. The lowest BCUT2D eigenvalue weighted by molar-refractivity contribution is 0.542. The molecule has 0 saturated heterocycles. The highest BCUT2D eigenvalue weighted by atomic mass is 19.1. The van der Waals surface area contributed by atoms with Crippen molar-refractivity contribution in [2.45, 2.75) is 25.8 Å². The van der Waals surface area contributed by atoms with Crippen LogP contribution in [0.2, 0.25) is 0 Å². The van der Waals surface area contributed by atoms with Gasteiger partial charge in [0.05, 0.1) is 11.4 Å². The molecule has 20 heavy (non-hydrogen) atoms. The molecular formula is C16H15FN2O. The van der Waals surface area contributed by atoms with E-state index in [1.54, 1.807) is 32.1 Å². The number of aliphatic imine (C=N–C) groups is 2. The number of halogens is 1. The summed E-state index contributed by atoms with van der Waals surface area (Å²) in [6.45, 7) is 7.53. The van der Waals surface area contributed by atoms with Crippen LogP contribution in [0.3, 0.4) is 0 Å². The van der Waals surface area contributed by atoms with Gasteiger partial charge in [0, 0.05) is 6.42 Å². The largest absolute Gasteiger partial charge is 0.254 e. The fraction of sp³-hybridized carbons (Fsp3) is 0.250. The minimum atomic E-state index is -0.754. The summed E-state index contributed by atoms with van der Waals surface area (Å²) >= 11 is 0. The number of carbonyl (C=O) groups excluding carboxylic acids is 1. The summed E-state index contributed by atoms with van der Waals surface area (Å²) in [5.41, 5.74) is 2.40. The Kier molecular flexibility index (Phi) is 3.77. The molecule has 0 fully saturated rings. The summed E-state index contributed by atoms with van der Waals surface area (Å²) in [6, 6.07) is 6.15. The van der Waals surface area contributed by atoms with Crippen LogP contribution in [0.25, 0.3) is 0 Å². The van der Waals surface area contributed by atoms with E-state index >= 15 is 0 Å². The van der Waals surface area contributed by atoms with Crippen molar-refractivity contribution in [1.29, 1.82) is 0 Å². The van der Waals surface area contributed by atoms with Crippen molar-refractivity contribution in [3.8, 4) is 0 Å². The molecule has 1 aliphatic heterocycles. The van der Waals surface area contributed by atoms with Crippen molar-refractivity contribution in [3.05, 3.63) is 59.6 Å². The zero-order valence-corrected chi connectivity index (χ0v) is 11.5. The van der Waals surface area contributed by atoms with Crippen LogP contribution in [0.5, 0.6) is 0 Å². The first kappa shape index (κ1) is 14.1. The minimum absolute atomic E-state index is 0.286. The summed E-state index contributed by atoms with van der Waals surface area (Å²) in [5.74, 6) is -0.286. The normalized spacial score (nSPS) is 15.2. The lowest BCUT2D eigenvalue weighted by atomic mass is 9.93. The second-order valence-corrected chi connectivity index (χ2v) is 5.19. The molecule has 0 spiro atoms. The highest BCUT2D eigenvalue weighted by molar-refractivity contribution is 6.03. The number of isocyanates is 1. The van der Waals surface area contributed by atoms with E-state index in [0.717, 1.165) is 16.8 Å². The highest BCUT2D eigenvalue weighted by Gasteiger charge is 2.25. The van der Waals surface area contributed by atoms with E-state index in [1.807, 2.05) is 6.08 Å². The van der Waals surface area contributed by atoms with Crippen LogP contribution >= 0.6 is 0 Å². The molecular weight excluding hydrogens is 255 g/mol. The Bertz CT molecular complexity index is 648. The number of hydrogen-bond donors (Lipinski definition) is 0. The van der Waals surface area contributed by atoms with E-state index in [-0.39, 0.29) is 5.82 Å². The smallest absolute Gasteiger partial charge is 0.235 e. The molecule has 1 heterocycles. The second-order valence-electron chi connectivity index (χ2n) is 5.19. The van der Waals surface area contributed by atoms with E-state index < -0.39 is 5.54 Å². The van der Waals surface area contributed by atoms with Gasteiger partial charge >= 0.3 is 0 Å². The van der Waals surface area contributed by atoms with Crippen LogP contribution in [0.1, 0.15) is 25.8 Å². The molecule has 3 nitrogen and oxygen atoms in total. The molecule has 4 heteroatoms. The maximum Gasteiger partial charge on any atom is 0.235 e. The van der Waals surface area contributed by atoms with Crippen LogP contribution in [0.4, 0.5) is 4.39 Å². The van der Waals surface area contributed by atoms with Gasteiger partial charge in [-0.3, -0.25) is 4.99 Å². The molecule has 102 valence electrons. The molecule has 1 aromatic rings. The van der Waals surface area contributed by atoms with E-state index in [1.165, 1.54) is 12.1 Å². The van der Waals surface area contributed by atoms with Gasteiger partial charge in [-0.2, -0.15) is 4.99 Å². The first-order chi connectivity index (χ1) is 9.42. The molecule has 0 bridgehead atoms. The predicted octanol–water partition coefficient (Wildman–Crippen LogP) is 3.57. The van der Waals surface area contributed by atoms with Crippen LogP contribution in [0.15, 0.2) is 58.2 Å². The predicted molar refractivity (Wildman–Crippen MR) is 77.0 cm³/mol. The molecule has 0 aromatic heterocycles. The summed E-state index contributed by atoms with van der Waals surface area (Å²) in [5, 5.41) is 0. The average Bonchev–Trinajstić information content (AvgIpc) is 2.38. The fourth-order valence-electron chi connectivity index (χ4n) is 1.97. The summed E-state index contributed by atoms with van der Waals surface area (Å²) in [4.78, 5) is 18.8. The standard InChI is InChI=1S/C16H15FN2O/c1-11-8-14(12-4-6-13(17)7-5-12)19-15(9-11)16(2,3)18-10-20/h4-7,9H,1,8H2,2-3H3. The molecule has 0 amide bonds. The first-order valence-corrected chi connectivity index (χ1v) is 6.25. The van der Waals surface area contributed by atoms with Crippen molar-refractivity contribution in [2.24, 2.45) is 9.98 Å². The Labute approximate surface area is 117 Å². The van der Waals surface area contributed by atoms with Gasteiger partial charge in [0.2, 0.25) is 6.08 Å². The van der Waals surface area contributed by atoms with E-state index in [9.17, 15) is 9.18 Å². The third-order valence-electron chi connectivity index (χ3n) is 3.12. The van der Waals surface area contributed by atoms with Gasteiger partial charge in [0.1, 0.15) is 11.4 Å². The molecule has 0 N–H and O–H groups in total. The molecule has 0 aliphatic carbocycles. The Morgan fingerprint density at radius 3 is 2.60 bits per heavy atom. The lowest BCUT2D eigenvalue weighted by Gasteiger charge is -2.23. The molecule has 0 unspecified atom stereocenters. The second kappa shape index (κ2) is 5.35. The molecule has 2 rings (SSSR count). The third kappa shape index (κ3) is 2.98. The molecule has 1 aromatic carbocycles. The topological polar surface area (TPSA) is 41.8 Å². The van der Waals surface area contributed by atoms with Crippen molar-refractivity contribution in [1.82, 2.24) is 0 Å². The SMILES string of the molecule is C=C1C=C(C(C)(C)N=C=O)N=C(c2ccc(F)cc2)C1. The first-order valence-electron chi connectivity index (χ1n) is 6.25. The number of benzene rings is 1. The maximum atomic E-state index is 13.0. The third-order valence-corrected chi connectivity index (χ3v) is 3.12. The van der Waals surface area contributed by atoms with Crippen molar-refractivity contribution >= 4 is 11.8 Å². The van der Waals surface area contributed by atoms with Crippen LogP contribution in [-0.2, 0) is 4.79 Å². The van der Waals surface area contributed by atoms with Gasteiger partial charge in [0.25, 0.3) is 0 Å². The van der Waals surface area contributed by atoms with E-state index in [4.69, 9.17) is 0 Å². The lowest BCUT2D eigenvalue weighted by Crippen LogP contribution is -2.22. The van der Waals surface area contributed by atoms with Gasteiger partial charge in [-0.1, -0.05) is 18.7 Å². The number of nitrogens with zero attached hydrogens (tertiary/aromatic N) is 2. The van der Waals surface area contributed by atoms with Crippen LogP contribution in [-0.4, -0.2) is 17.3 Å². The van der Waals surface area contributed by atoms with E-state index in [0.29, 0.717) is 12.1 Å².